The highest BCUT2D eigenvalue weighted by Crippen LogP contribution is 2.43. The number of nitrogens with zero attached hydrogens (tertiary/aromatic N) is 4. The molecule has 1 aromatic rings. The third-order valence-electron chi connectivity index (χ3n) is 5.55. The molecule has 2 rings (SSSR count). The molecule has 0 saturated heterocycles. The average molecular weight is 614 g/mol. The van der Waals surface area contributed by atoms with Crippen LogP contribution in [0.5, 0.6) is 0 Å². The number of hydrogen-bond donors (Lipinski definition) is 1. The van der Waals surface area contributed by atoms with Crippen LogP contribution < -0.4 is 4.72 Å². The van der Waals surface area contributed by atoms with E-state index in [0.29, 0.717) is 22.8 Å². The number of ether oxygens (including phenoxy) is 1. The van der Waals surface area contributed by atoms with Crippen LogP contribution in [0.15, 0.2) is 14.5 Å². The average Bonchev–Trinajstić information content (AvgIpc) is 3.31. The van der Waals surface area contributed by atoms with Gasteiger partial charge in [0.2, 0.25) is 11.8 Å². The maximum atomic E-state index is 13.4. The van der Waals surface area contributed by atoms with Crippen LogP contribution in [0.25, 0.3) is 0 Å². The molecule has 2 amide bonds. The number of hydrogen-bond acceptors (Lipinski definition) is 13. The van der Waals surface area contributed by atoms with Gasteiger partial charge in [0.15, 0.2) is 0 Å². The predicted molar refractivity (Wildman–Crippen MR) is 138 cm³/mol. The molecule has 16 nitrogen and oxygen atoms in total. The van der Waals surface area contributed by atoms with Crippen molar-refractivity contribution in [1.82, 2.24) is 13.9 Å². The van der Waals surface area contributed by atoms with Crippen molar-refractivity contribution in [2.75, 3.05) is 46.6 Å². The minimum Gasteiger partial charge on any atom is -0.385 e. The minimum absolute atomic E-state index is 0.0215. The standard InChI is InChI=1S/C20H31N5O11S3/c1-3-23(18(27)8-5-12-36-25(30)31)16-14-22(9-6-10-34-2)39(32,33)20-15(16)13-19(37-20)38-21-17(26)7-4-11-35-24(28)29/h13,16H,3-12,14H2,1-2H3,(H,21,26). The third kappa shape index (κ3) is 9.75. The summed E-state index contributed by atoms with van der Waals surface area (Å²) < 4.78 is 36.3. The van der Waals surface area contributed by atoms with Crippen molar-refractivity contribution in [3.8, 4) is 0 Å². The number of fused-ring (bicyclic) bond motifs is 1. The van der Waals surface area contributed by atoms with E-state index in [1.807, 2.05) is 0 Å². The summed E-state index contributed by atoms with van der Waals surface area (Å²) in [5.74, 6) is -0.719. The van der Waals surface area contributed by atoms with E-state index in [2.05, 4.69) is 14.4 Å². The zero-order valence-corrected chi connectivity index (χ0v) is 23.9. The first-order chi connectivity index (χ1) is 18.5. The lowest BCUT2D eigenvalue weighted by Crippen LogP contribution is -2.47. The zero-order chi connectivity index (χ0) is 29.0. The topological polar surface area (TPSA) is 201 Å². The molecule has 220 valence electrons. The first-order valence-electron chi connectivity index (χ1n) is 11.9. The first-order valence-corrected chi connectivity index (χ1v) is 15.0. The minimum atomic E-state index is -3.88. The summed E-state index contributed by atoms with van der Waals surface area (Å²) in [4.78, 5) is 55.7. The Hall–Kier alpha value is -2.74. The molecule has 0 spiro atoms. The molecule has 1 atom stereocenters. The van der Waals surface area contributed by atoms with Crippen molar-refractivity contribution in [2.45, 2.75) is 53.5 Å². The summed E-state index contributed by atoms with van der Waals surface area (Å²) in [6.07, 6.45) is 0.639. The van der Waals surface area contributed by atoms with E-state index < -0.39 is 32.1 Å². The van der Waals surface area contributed by atoms with Gasteiger partial charge >= 0.3 is 0 Å². The van der Waals surface area contributed by atoms with Gasteiger partial charge in [-0.05, 0) is 44.2 Å². The number of carbonyl (C=O) groups is 2. The number of thiophene rings is 1. The van der Waals surface area contributed by atoms with Crippen LogP contribution in [0.3, 0.4) is 0 Å². The van der Waals surface area contributed by atoms with E-state index >= 15 is 0 Å². The summed E-state index contributed by atoms with van der Waals surface area (Å²) >= 11 is 1.88. The van der Waals surface area contributed by atoms with Gasteiger partial charge in [0.05, 0.1) is 23.5 Å². The third-order valence-corrected chi connectivity index (χ3v) is 10.0. The van der Waals surface area contributed by atoms with E-state index in [1.54, 1.807) is 13.0 Å². The van der Waals surface area contributed by atoms with Gasteiger partial charge in [-0.3, -0.25) is 14.3 Å². The van der Waals surface area contributed by atoms with Crippen LogP contribution >= 0.6 is 23.3 Å². The first kappa shape index (κ1) is 32.5. The molecule has 0 saturated carbocycles. The van der Waals surface area contributed by atoms with E-state index in [1.165, 1.54) is 16.3 Å². The summed E-state index contributed by atoms with van der Waals surface area (Å²) in [7, 11) is -2.37. The maximum absolute atomic E-state index is 13.4. The van der Waals surface area contributed by atoms with Crippen molar-refractivity contribution in [3.63, 3.8) is 0 Å². The molecule has 1 aliphatic heterocycles. The van der Waals surface area contributed by atoms with Crippen LogP contribution in [-0.4, -0.2) is 86.2 Å². The van der Waals surface area contributed by atoms with E-state index in [9.17, 15) is 38.2 Å². The number of rotatable bonds is 18. The molecule has 1 N–H and O–H groups in total. The van der Waals surface area contributed by atoms with Crippen LogP contribution in [-0.2, 0) is 34.0 Å². The van der Waals surface area contributed by atoms with Gasteiger partial charge in [-0.15, -0.1) is 31.6 Å². The molecule has 2 heterocycles. The normalized spacial score (nSPS) is 16.2. The monoisotopic (exact) mass is 613 g/mol. The van der Waals surface area contributed by atoms with Gasteiger partial charge in [-0.1, -0.05) is 0 Å². The lowest BCUT2D eigenvalue weighted by molar-refractivity contribution is -0.757. The number of methoxy groups -OCH3 is 1. The van der Waals surface area contributed by atoms with E-state index in [0.717, 1.165) is 23.3 Å². The van der Waals surface area contributed by atoms with Crippen LogP contribution in [0.4, 0.5) is 0 Å². The van der Waals surface area contributed by atoms with Gasteiger partial charge in [-0.25, -0.2) is 8.42 Å². The van der Waals surface area contributed by atoms with Crippen molar-refractivity contribution in [3.05, 3.63) is 31.9 Å². The molecule has 0 aliphatic carbocycles. The van der Waals surface area contributed by atoms with Crippen molar-refractivity contribution >= 4 is 45.1 Å². The Morgan fingerprint density at radius 2 is 1.79 bits per heavy atom. The second-order valence-corrected chi connectivity index (χ2v) is 12.5. The van der Waals surface area contributed by atoms with Crippen molar-refractivity contribution < 1.29 is 42.6 Å². The molecular weight excluding hydrogens is 582 g/mol. The molecule has 0 radical (unpaired) electrons. The Balaban J connectivity index is 2.22. The molecule has 1 unspecified atom stereocenters. The van der Waals surface area contributed by atoms with Crippen LogP contribution in [0, 0.1) is 20.2 Å². The number of nitrogens with one attached hydrogen (secondary N) is 1. The summed E-state index contributed by atoms with van der Waals surface area (Å²) in [6, 6.07) is 1.02. The highest BCUT2D eigenvalue weighted by Gasteiger charge is 2.42. The highest BCUT2D eigenvalue weighted by molar-refractivity contribution is 8.00. The largest absolute Gasteiger partial charge is 0.385 e. The molecule has 39 heavy (non-hydrogen) atoms. The molecule has 0 bridgehead atoms. The summed E-state index contributed by atoms with van der Waals surface area (Å²) in [5.41, 5.74) is 0.427. The maximum Gasteiger partial charge on any atom is 0.294 e. The molecule has 19 heteroatoms. The van der Waals surface area contributed by atoms with E-state index in [-0.39, 0.29) is 68.6 Å². The molecule has 0 fully saturated rings. The summed E-state index contributed by atoms with van der Waals surface area (Å²) in [6.45, 7) is 2.12. The molecule has 1 aromatic heterocycles. The molecular formula is C20H31N5O11S3. The number of amides is 2. The number of carbonyl (C=O) groups excluding carboxylic acids is 2. The molecule has 1 aliphatic rings. The predicted octanol–water partition coefficient (Wildman–Crippen LogP) is 1.78. The highest BCUT2D eigenvalue weighted by atomic mass is 32.3. The van der Waals surface area contributed by atoms with Crippen LogP contribution in [0.2, 0.25) is 0 Å². The Bertz CT molecular complexity index is 1110. The fourth-order valence-electron chi connectivity index (χ4n) is 3.83. The Kier molecular flexibility index (Phi) is 13.1. The Morgan fingerprint density at radius 1 is 1.15 bits per heavy atom. The van der Waals surface area contributed by atoms with Crippen LogP contribution in [0.1, 0.15) is 50.6 Å². The van der Waals surface area contributed by atoms with Gasteiger partial charge in [0.1, 0.15) is 4.21 Å². The zero-order valence-electron chi connectivity index (χ0n) is 21.4. The van der Waals surface area contributed by atoms with Gasteiger partial charge in [-0.2, -0.15) is 4.31 Å². The van der Waals surface area contributed by atoms with E-state index in [4.69, 9.17) is 4.74 Å². The second kappa shape index (κ2) is 15.8. The fourth-order valence-corrected chi connectivity index (χ4v) is 8.15. The van der Waals surface area contributed by atoms with Gasteiger partial charge in [0, 0.05) is 51.8 Å². The van der Waals surface area contributed by atoms with Gasteiger partial charge in [0.25, 0.3) is 20.2 Å². The van der Waals surface area contributed by atoms with Gasteiger partial charge < -0.3 is 19.3 Å². The Morgan fingerprint density at radius 3 is 2.38 bits per heavy atom. The fraction of sp³-hybridized carbons (Fsp3) is 0.700. The Labute approximate surface area is 233 Å². The number of sulfonamides is 1. The summed E-state index contributed by atoms with van der Waals surface area (Å²) in [5, 5.41) is 18.7. The lowest BCUT2D eigenvalue weighted by Gasteiger charge is -2.38. The smallest absolute Gasteiger partial charge is 0.294 e. The SMILES string of the molecule is CCN(C(=O)CCCO[N+](=O)[O-])C1CN(CCCOC)S(=O)(=O)c2sc(SNC(=O)CCCO[N+](=O)[O-])cc21. The van der Waals surface area contributed by atoms with Crippen molar-refractivity contribution in [1.29, 1.82) is 0 Å². The van der Waals surface area contributed by atoms with Crippen molar-refractivity contribution in [2.24, 2.45) is 0 Å². The number of likely N-dealkylation sites (N-methyl/N-ethyl adjacent to an activating group) is 1. The lowest BCUT2D eigenvalue weighted by atomic mass is 10.1. The quantitative estimate of drug-likeness (QED) is 0.109. The second-order valence-electron chi connectivity index (χ2n) is 8.16. The molecule has 0 aromatic carbocycles.